The number of phenols is 1. The number of phenolic OH excluding ortho intramolecular Hbond substituents is 1. The van der Waals surface area contributed by atoms with E-state index in [0.29, 0.717) is 6.42 Å². The molecule has 0 saturated carbocycles. The highest BCUT2D eigenvalue weighted by molar-refractivity contribution is 7.92. The molecule has 1 aliphatic heterocycles. The lowest BCUT2D eigenvalue weighted by atomic mass is 9.93. The van der Waals surface area contributed by atoms with Gasteiger partial charge in [-0.3, -0.25) is 4.79 Å². The number of aromatic hydroxyl groups is 1. The third-order valence-electron chi connectivity index (χ3n) is 4.04. The first-order chi connectivity index (χ1) is 11.4. The van der Waals surface area contributed by atoms with Crippen molar-refractivity contribution in [1.29, 1.82) is 0 Å². The molecule has 1 heterocycles. The van der Waals surface area contributed by atoms with E-state index in [1.807, 2.05) is 35.1 Å². The highest BCUT2D eigenvalue weighted by atomic mass is 32.2. The number of rotatable bonds is 4. The molecule has 0 spiro atoms. The van der Waals surface area contributed by atoms with Gasteiger partial charge in [0.25, 0.3) is 5.91 Å². The van der Waals surface area contributed by atoms with Crippen LogP contribution in [-0.2, 0) is 21.4 Å². The number of carbonyl (C=O) groups is 1. The lowest BCUT2D eigenvalue weighted by Gasteiger charge is -2.18. The average molecular weight is 346 g/mol. The Morgan fingerprint density at radius 2 is 1.92 bits per heavy atom. The van der Waals surface area contributed by atoms with Crippen molar-refractivity contribution in [1.82, 2.24) is 4.72 Å². The van der Waals surface area contributed by atoms with E-state index >= 15 is 0 Å². The molecule has 1 atom stereocenters. The van der Waals surface area contributed by atoms with Crippen LogP contribution in [0.3, 0.4) is 0 Å². The summed E-state index contributed by atoms with van der Waals surface area (Å²) in [6.45, 7) is 1.77. The Labute approximate surface area is 140 Å². The average Bonchev–Trinajstić information content (AvgIpc) is 2.81. The first-order valence-corrected chi connectivity index (χ1v) is 9.01. The fourth-order valence-corrected chi connectivity index (χ4v) is 3.98. The fourth-order valence-electron chi connectivity index (χ4n) is 2.82. The van der Waals surface area contributed by atoms with Crippen molar-refractivity contribution in [3.63, 3.8) is 0 Å². The first-order valence-electron chi connectivity index (χ1n) is 7.57. The minimum atomic E-state index is -3.92. The number of hydrogen-bond acceptors (Lipinski definition) is 4. The van der Waals surface area contributed by atoms with Crippen LogP contribution in [0.15, 0.2) is 48.5 Å². The van der Waals surface area contributed by atoms with E-state index in [0.717, 1.165) is 9.87 Å². The van der Waals surface area contributed by atoms with Gasteiger partial charge in [-0.2, -0.15) is 8.42 Å². The largest absolute Gasteiger partial charge is 0.506 e. The molecule has 7 heteroatoms. The molecule has 0 radical (unpaired) electrons. The van der Waals surface area contributed by atoms with Crippen molar-refractivity contribution in [2.75, 3.05) is 10.8 Å². The molecule has 1 saturated heterocycles. The van der Waals surface area contributed by atoms with E-state index in [-0.39, 0.29) is 23.9 Å². The van der Waals surface area contributed by atoms with Gasteiger partial charge in [0.1, 0.15) is 12.3 Å². The highest BCUT2D eigenvalue weighted by Gasteiger charge is 2.35. The fraction of sp³-hybridized carbons (Fsp3) is 0.235. The Hall–Kier alpha value is -2.54. The van der Waals surface area contributed by atoms with Gasteiger partial charge in [0.05, 0.1) is 5.69 Å². The molecule has 6 nitrogen and oxygen atoms in total. The van der Waals surface area contributed by atoms with Crippen molar-refractivity contribution in [3.05, 3.63) is 59.7 Å². The van der Waals surface area contributed by atoms with Gasteiger partial charge < -0.3 is 5.11 Å². The van der Waals surface area contributed by atoms with Crippen molar-refractivity contribution < 1.29 is 18.3 Å². The van der Waals surface area contributed by atoms with Gasteiger partial charge in [0.2, 0.25) is 0 Å². The van der Waals surface area contributed by atoms with Gasteiger partial charge >= 0.3 is 10.2 Å². The Bertz CT molecular complexity index is 865. The van der Waals surface area contributed by atoms with Crippen LogP contribution < -0.4 is 9.03 Å². The molecular formula is C17H18N2O4S. The smallest absolute Gasteiger partial charge is 0.326 e. The molecule has 1 fully saturated rings. The van der Waals surface area contributed by atoms with Crippen LogP contribution in [0, 0.1) is 0 Å². The lowest BCUT2D eigenvalue weighted by molar-refractivity contribution is -0.117. The summed E-state index contributed by atoms with van der Waals surface area (Å²) in [4.78, 5) is 11.3. The van der Waals surface area contributed by atoms with Crippen molar-refractivity contribution in [3.8, 4) is 5.75 Å². The molecule has 2 aromatic rings. The highest BCUT2D eigenvalue weighted by Crippen LogP contribution is 2.32. The second kappa shape index (κ2) is 6.16. The first kappa shape index (κ1) is 16.3. The van der Waals surface area contributed by atoms with Crippen LogP contribution in [0.2, 0.25) is 0 Å². The van der Waals surface area contributed by atoms with Crippen LogP contribution >= 0.6 is 0 Å². The SMILES string of the molecule is CC(Cc1ccc(N2CC(=O)NS2(=O)=O)c(O)c1)c1ccccc1. The third-order valence-corrected chi connectivity index (χ3v) is 5.43. The van der Waals surface area contributed by atoms with Gasteiger partial charge in [-0.1, -0.05) is 43.3 Å². The number of nitrogens with zero attached hydrogens (tertiary/aromatic N) is 1. The quantitative estimate of drug-likeness (QED) is 0.885. The Balaban J connectivity index is 1.82. The van der Waals surface area contributed by atoms with Crippen LogP contribution in [0.4, 0.5) is 5.69 Å². The molecule has 24 heavy (non-hydrogen) atoms. The van der Waals surface area contributed by atoms with E-state index < -0.39 is 16.1 Å². The lowest BCUT2D eigenvalue weighted by Crippen LogP contribution is -2.29. The molecule has 126 valence electrons. The summed E-state index contributed by atoms with van der Waals surface area (Å²) in [6.07, 6.45) is 0.710. The molecule has 1 amide bonds. The second-order valence-electron chi connectivity index (χ2n) is 5.88. The Kier molecular flexibility index (Phi) is 4.19. The number of hydrogen-bond donors (Lipinski definition) is 2. The van der Waals surface area contributed by atoms with E-state index in [1.54, 1.807) is 12.1 Å². The zero-order chi connectivity index (χ0) is 17.3. The van der Waals surface area contributed by atoms with Gasteiger partial charge in [-0.05, 0) is 35.6 Å². The third kappa shape index (κ3) is 3.21. The molecule has 1 unspecified atom stereocenters. The zero-order valence-electron chi connectivity index (χ0n) is 13.1. The predicted octanol–water partition coefficient (Wildman–Crippen LogP) is 1.92. The predicted molar refractivity (Wildman–Crippen MR) is 91.1 cm³/mol. The van der Waals surface area contributed by atoms with Crippen molar-refractivity contribution >= 4 is 21.8 Å². The van der Waals surface area contributed by atoms with Gasteiger partial charge in [-0.25, -0.2) is 9.03 Å². The van der Waals surface area contributed by atoms with Crippen molar-refractivity contribution in [2.24, 2.45) is 0 Å². The zero-order valence-corrected chi connectivity index (χ0v) is 14.0. The summed E-state index contributed by atoms with van der Waals surface area (Å²) < 4.78 is 26.5. The summed E-state index contributed by atoms with van der Waals surface area (Å²) in [7, 11) is -3.92. The maximum atomic E-state index is 11.9. The summed E-state index contributed by atoms with van der Waals surface area (Å²) in [6, 6.07) is 14.9. The Morgan fingerprint density at radius 1 is 1.21 bits per heavy atom. The van der Waals surface area contributed by atoms with Crippen LogP contribution in [0.1, 0.15) is 24.0 Å². The summed E-state index contributed by atoms with van der Waals surface area (Å²) in [5, 5.41) is 10.2. The van der Waals surface area contributed by atoms with E-state index in [4.69, 9.17) is 0 Å². The number of carbonyl (C=O) groups excluding carboxylic acids is 1. The summed E-state index contributed by atoms with van der Waals surface area (Å²) in [5.41, 5.74) is 2.19. The normalized spacial score (nSPS) is 17.5. The van der Waals surface area contributed by atoms with Gasteiger partial charge in [0, 0.05) is 0 Å². The van der Waals surface area contributed by atoms with E-state index in [9.17, 15) is 18.3 Å². The summed E-state index contributed by atoms with van der Waals surface area (Å²) in [5.74, 6) is -0.515. The molecule has 3 rings (SSSR count). The monoisotopic (exact) mass is 346 g/mol. The molecular weight excluding hydrogens is 328 g/mol. The van der Waals surface area contributed by atoms with Crippen LogP contribution in [0.5, 0.6) is 5.75 Å². The topological polar surface area (TPSA) is 86.7 Å². The molecule has 1 aliphatic rings. The number of benzene rings is 2. The van der Waals surface area contributed by atoms with Crippen LogP contribution in [-0.4, -0.2) is 26.0 Å². The molecule has 0 aliphatic carbocycles. The molecule has 2 N–H and O–H groups in total. The second-order valence-corrected chi connectivity index (χ2v) is 7.47. The van der Waals surface area contributed by atoms with Crippen LogP contribution in [0.25, 0.3) is 0 Å². The number of anilines is 1. The minimum Gasteiger partial charge on any atom is -0.506 e. The van der Waals surface area contributed by atoms with Crippen molar-refractivity contribution in [2.45, 2.75) is 19.3 Å². The maximum absolute atomic E-state index is 11.9. The van der Waals surface area contributed by atoms with E-state index in [1.165, 1.54) is 11.6 Å². The molecule has 2 aromatic carbocycles. The summed E-state index contributed by atoms with van der Waals surface area (Å²) >= 11 is 0. The van der Waals surface area contributed by atoms with Gasteiger partial charge in [0.15, 0.2) is 0 Å². The van der Waals surface area contributed by atoms with E-state index in [2.05, 4.69) is 6.92 Å². The maximum Gasteiger partial charge on any atom is 0.326 e. The number of amides is 1. The Morgan fingerprint density at radius 3 is 2.50 bits per heavy atom. The molecule has 0 aromatic heterocycles. The van der Waals surface area contributed by atoms with Gasteiger partial charge in [-0.15, -0.1) is 0 Å². The molecule has 0 bridgehead atoms. The minimum absolute atomic E-state index is 0.101. The number of nitrogens with one attached hydrogen (secondary N) is 1. The standard InChI is InChI=1S/C17H18N2O4S/c1-12(14-5-3-2-4-6-14)9-13-7-8-15(16(20)10-13)19-11-17(21)18-24(19,22)23/h2-8,10,12,20H,9,11H2,1H3,(H,18,21).